The smallest absolute Gasteiger partial charge is 0.273 e. The van der Waals surface area contributed by atoms with Crippen LogP contribution in [0, 0.1) is 0 Å². The lowest BCUT2D eigenvalue weighted by atomic mass is 9.93. The van der Waals surface area contributed by atoms with Crippen LogP contribution >= 0.6 is 0 Å². The van der Waals surface area contributed by atoms with Crippen molar-refractivity contribution < 1.29 is 14.3 Å². The van der Waals surface area contributed by atoms with Crippen LogP contribution in [0.5, 0.6) is 5.75 Å². The van der Waals surface area contributed by atoms with Gasteiger partial charge >= 0.3 is 0 Å². The molecule has 0 fully saturated rings. The predicted octanol–water partition coefficient (Wildman–Crippen LogP) is 2.30. The molecule has 2 aromatic carbocycles. The fourth-order valence-corrected chi connectivity index (χ4v) is 3.49. The van der Waals surface area contributed by atoms with Crippen LogP contribution in [0.15, 0.2) is 54.6 Å². The number of nitrogens with two attached hydrogens (primary N) is 1. The van der Waals surface area contributed by atoms with Crippen molar-refractivity contribution in [3.63, 3.8) is 0 Å². The average Bonchev–Trinajstić information content (AvgIpc) is 2.71. The van der Waals surface area contributed by atoms with Gasteiger partial charge in [-0.05, 0) is 35.4 Å². The Kier molecular flexibility index (Phi) is 4.24. The van der Waals surface area contributed by atoms with Gasteiger partial charge in [0, 0.05) is 18.4 Å². The van der Waals surface area contributed by atoms with Crippen LogP contribution < -0.4 is 10.5 Å². The molecule has 0 aliphatic carbocycles. The molecule has 1 aromatic heterocycles. The second kappa shape index (κ2) is 6.72. The van der Waals surface area contributed by atoms with Crippen molar-refractivity contribution in [2.75, 3.05) is 7.11 Å². The van der Waals surface area contributed by atoms with Crippen molar-refractivity contribution in [1.82, 2.24) is 9.88 Å². The molecular weight excluding hydrogens is 342 g/mol. The van der Waals surface area contributed by atoms with E-state index in [1.165, 1.54) is 4.90 Å². The van der Waals surface area contributed by atoms with Gasteiger partial charge in [-0.1, -0.05) is 30.3 Å². The predicted molar refractivity (Wildman–Crippen MR) is 101 cm³/mol. The molecule has 0 saturated carbocycles. The number of ether oxygens (including phenoxy) is 1. The quantitative estimate of drug-likeness (QED) is 0.776. The highest BCUT2D eigenvalue weighted by molar-refractivity contribution is 5.98. The fraction of sp³-hybridized carbons (Fsp3) is 0.190. The lowest BCUT2D eigenvalue weighted by Gasteiger charge is -2.34. The normalized spacial score (nSPS) is 16.0. The van der Waals surface area contributed by atoms with Gasteiger partial charge in [-0.3, -0.25) is 9.59 Å². The van der Waals surface area contributed by atoms with Crippen LogP contribution in [-0.2, 0) is 17.8 Å². The summed E-state index contributed by atoms with van der Waals surface area (Å²) in [5.74, 6) is -0.0841. The molecule has 1 aliphatic heterocycles. The first-order valence-electron chi connectivity index (χ1n) is 8.68. The molecule has 2 N–H and O–H groups in total. The standard InChI is InChI=1S/C21H19N3O3/c1-27-16-7-9-17-14(10-16)6-8-18(23-17)21(26)24-12-15-5-3-2-4-13(15)11-19(24)20(22)25/h2-10,19H,11-12H2,1H3,(H2,22,25)/t19-/m0/s1. The van der Waals surface area contributed by atoms with Crippen LogP contribution in [0.25, 0.3) is 10.9 Å². The van der Waals surface area contributed by atoms with Crippen molar-refractivity contribution in [2.45, 2.75) is 19.0 Å². The van der Waals surface area contributed by atoms with Gasteiger partial charge in [-0.2, -0.15) is 0 Å². The number of benzene rings is 2. The summed E-state index contributed by atoms with van der Waals surface area (Å²) >= 11 is 0. The summed E-state index contributed by atoms with van der Waals surface area (Å²) in [6, 6.07) is 16.1. The van der Waals surface area contributed by atoms with Gasteiger partial charge in [0.2, 0.25) is 5.91 Å². The zero-order valence-corrected chi connectivity index (χ0v) is 14.9. The first kappa shape index (κ1) is 17.0. The summed E-state index contributed by atoms with van der Waals surface area (Å²) in [6.45, 7) is 0.338. The van der Waals surface area contributed by atoms with Crippen molar-refractivity contribution in [1.29, 1.82) is 0 Å². The molecule has 6 heteroatoms. The zero-order valence-electron chi connectivity index (χ0n) is 14.9. The number of methoxy groups -OCH3 is 1. The maximum Gasteiger partial charge on any atom is 0.273 e. The average molecular weight is 361 g/mol. The topological polar surface area (TPSA) is 85.5 Å². The Morgan fingerprint density at radius 2 is 1.89 bits per heavy atom. The number of rotatable bonds is 3. The second-order valence-corrected chi connectivity index (χ2v) is 6.58. The Balaban J connectivity index is 1.70. The number of amides is 2. The van der Waals surface area contributed by atoms with Gasteiger partial charge in [-0.15, -0.1) is 0 Å². The minimum Gasteiger partial charge on any atom is -0.497 e. The van der Waals surface area contributed by atoms with Crippen LogP contribution in [0.3, 0.4) is 0 Å². The Labute approximate surface area is 156 Å². The molecule has 4 rings (SSSR count). The lowest BCUT2D eigenvalue weighted by molar-refractivity contribution is -0.122. The second-order valence-electron chi connectivity index (χ2n) is 6.58. The maximum atomic E-state index is 13.1. The SMILES string of the molecule is COc1ccc2nc(C(=O)N3Cc4ccccc4C[C@H]3C(N)=O)ccc2c1. The summed E-state index contributed by atoms with van der Waals surface area (Å²) < 4.78 is 5.21. The van der Waals surface area contributed by atoms with E-state index >= 15 is 0 Å². The molecule has 27 heavy (non-hydrogen) atoms. The van der Waals surface area contributed by atoms with Crippen LogP contribution in [0.4, 0.5) is 0 Å². The van der Waals surface area contributed by atoms with Gasteiger partial charge in [0.25, 0.3) is 5.91 Å². The Morgan fingerprint density at radius 3 is 2.63 bits per heavy atom. The minimum absolute atomic E-state index is 0.290. The van der Waals surface area contributed by atoms with E-state index in [-0.39, 0.29) is 5.91 Å². The number of carbonyl (C=O) groups is 2. The molecule has 0 radical (unpaired) electrons. The fourth-order valence-electron chi connectivity index (χ4n) is 3.49. The summed E-state index contributed by atoms with van der Waals surface area (Å²) in [5.41, 5.74) is 8.63. The number of nitrogens with zero attached hydrogens (tertiary/aromatic N) is 2. The monoisotopic (exact) mass is 361 g/mol. The van der Waals surface area contributed by atoms with Gasteiger partial charge in [0.1, 0.15) is 17.5 Å². The highest BCUT2D eigenvalue weighted by Gasteiger charge is 2.34. The maximum absolute atomic E-state index is 13.1. The first-order chi connectivity index (χ1) is 13.1. The molecule has 1 atom stereocenters. The molecule has 0 unspecified atom stereocenters. The van der Waals surface area contributed by atoms with Crippen LogP contribution in [0.2, 0.25) is 0 Å². The van der Waals surface area contributed by atoms with Crippen molar-refractivity contribution >= 4 is 22.7 Å². The molecule has 136 valence electrons. The molecule has 0 bridgehead atoms. The van der Waals surface area contributed by atoms with Crippen LogP contribution in [0.1, 0.15) is 21.6 Å². The van der Waals surface area contributed by atoms with E-state index < -0.39 is 11.9 Å². The number of primary amides is 1. The summed E-state index contributed by atoms with van der Waals surface area (Å²) in [7, 11) is 1.60. The number of carbonyl (C=O) groups excluding carboxylic acids is 2. The molecule has 2 heterocycles. The van der Waals surface area contributed by atoms with Crippen molar-refractivity contribution in [2.24, 2.45) is 5.73 Å². The van der Waals surface area contributed by atoms with E-state index in [1.807, 2.05) is 42.5 Å². The highest BCUT2D eigenvalue weighted by Crippen LogP contribution is 2.26. The molecule has 2 amide bonds. The molecular formula is C21H19N3O3. The lowest BCUT2D eigenvalue weighted by Crippen LogP contribution is -2.51. The third-order valence-corrected chi connectivity index (χ3v) is 4.95. The summed E-state index contributed by atoms with van der Waals surface area (Å²) in [4.78, 5) is 31.1. The summed E-state index contributed by atoms with van der Waals surface area (Å²) in [6.07, 6.45) is 0.419. The van der Waals surface area contributed by atoms with E-state index in [0.717, 1.165) is 22.3 Å². The minimum atomic E-state index is -0.680. The first-order valence-corrected chi connectivity index (χ1v) is 8.68. The molecule has 6 nitrogen and oxygen atoms in total. The number of hydrogen-bond donors (Lipinski definition) is 1. The Morgan fingerprint density at radius 1 is 1.11 bits per heavy atom. The van der Waals surface area contributed by atoms with E-state index in [1.54, 1.807) is 19.2 Å². The van der Waals surface area contributed by atoms with E-state index in [0.29, 0.717) is 24.2 Å². The van der Waals surface area contributed by atoms with Gasteiger partial charge in [-0.25, -0.2) is 4.98 Å². The van der Waals surface area contributed by atoms with Crippen molar-refractivity contribution in [3.05, 3.63) is 71.4 Å². The van der Waals surface area contributed by atoms with E-state index in [2.05, 4.69) is 4.98 Å². The number of pyridine rings is 1. The zero-order chi connectivity index (χ0) is 19.0. The Bertz CT molecular complexity index is 1050. The van der Waals surface area contributed by atoms with Gasteiger partial charge in [0.15, 0.2) is 0 Å². The summed E-state index contributed by atoms with van der Waals surface area (Å²) in [5, 5.41) is 0.876. The van der Waals surface area contributed by atoms with Crippen LogP contribution in [-0.4, -0.2) is 34.8 Å². The molecule has 3 aromatic rings. The largest absolute Gasteiger partial charge is 0.497 e. The molecule has 0 spiro atoms. The van der Waals surface area contributed by atoms with Gasteiger partial charge in [0.05, 0.1) is 12.6 Å². The highest BCUT2D eigenvalue weighted by atomic mass is 16.5. The van der Waals surface area contributed by atoms with Crippen molar-refractivity contribution in [3.8, 4) is 5.75 Å². The van der Waals surface area contributed by atoms with E-state index in [9.17, 15) is 9.59 Å². The third-order valence-electron chi connectivity index (χ3n) is 4.95. The van der Waals surface area contributed by atoms with E-state index in [4.69, 9.17) is 10.5 Å². The van der Waals surface area contributed by atoms with Gasteiger partial charge < -0.3 is 15.4 Å². The number of hydrogen-bond acceptors (Lipinski definition) is 4. The number of aromatic nitrogens is 1. The molecule has 1 aliphatic rings. The molecule has 0 saturated heterocycles. The Hall–Kier alpha value is -3.41. The third kappa shape index (κ3) is 3.10. The number of fused-ring (bicyclic) bond motifs is 2.